The fraction of sp³-hybridized carbons (Fsp3) is 0.824. The van der Waals surface area contributed by atoms with E-state index in [4.69, 9.17) is 4.74 Å². The van der Waals surface area contributed by atoms with Crippen LogP contribution in [0.4, 0.5) is 0 Å². The van der Waals surface area contributed by atoms with E-state index in [9.17, 15) is 0 Å². The molecule has 0 fully saturated rings. The second kappa shape index (κ2) is 13.2. The van der Waals surface area contributed by atoms with Crippen molar-refractivity contribution in [1.29, 1.82) is 0 Å². The Morgan fingerprint density at radius 1 is 0.850 bits per heavy atom. The molecule has 1 aromatic rings. The van der Waals surface area contributed by atoms with E-state index < -0.39 is 0 Å². The molecule has 1 heterocycles. The number of ether oxygens (including phenoxy) is 1. The molecule has 20 heavy (non-hydrogen) atoms. The van der Waals surface area contributed by atoms with Crippen LogP contribution in [-0.4, -0.2) is 22.8 Å². The van der Waals surface area contributed by atoms with Gasteiger partial charge < -0.3 is 9.30 Å². The molecule has 3 nitrogen and oxygen atoms in total. The highest BCUT2D eigenvalue weighted by molar-refractivity contribution is 4.73. The van der Waals surface area contributed by atoms with E-state index in [0.717, 1.165) is 19.8 Å². The van der Waals surface area contributed by atoms with Crippen molar-refractivity contribution in [3.63, 3.8) is 0 Å². The lowest BCUT2D eigenvalue weighted by Gasteiger charge is -2.05. The summed E-state index contributed by atoms with van der Waals surface area (Å²) >= 11 is 0. The standard InChI is InChI=1S/C17H32N2O/c1-2-3-4-10-15-20-16-11-8-6-5-7-9-13-19-14-12-18-17-19/h12,14,17H,2-11,13,15-16H2,1H3. The molecule has 0 spiro atoms. The number of aryl methyl sites for hydroxylation is 1. The zero-order valence-corrected chi connectivity index (χ0v) is 13.2. The molecule has 1 rings (SSSR count). The Labute approximate surface area is 124 Å². The first kappa shape index (κ1) is 17.2. The van der Waals surface area contributed by atoms with Gasteiger partial charge in [0.25, 0.3) is 0 Å². The van der Waals surface area contributed by atoms with Crippen LogP contribution in [0.25, 0.3) is 0 Å². The van der Waals surface area contributed by atoms with E-state index in [-0.39, 0.29) is 0 Å². The molecule has 116 valence electrons. The van der Waals surface area contributed by atoms with Gasteiger partial charge in [0.05, 0.1) is 6.33 Å². The molecule has 0 unspecified atom stereocenters. The topological polar surface area (TPSA) is 27.1 Å². The number of aromatic nitrogens is 2. The van der Waals surface area contributed by atoms with Crippen LogP contribution >= 0.6 is 0 Å². The molecule has 0 aliphatic rings. The van der Waals surface area contributed by atoms with Crippen molar-refractivity contribution in [2.45, 2.75) is 77.7 Å². The van der Waals surface area contributed by atoms with Crippen LogP contribution in [0.15, 0.2) is 18.7 Å². The van der Waals surface area contributed by atoms with Crippen molar-refractivity contribution >= 4 is 0 Å². The average molecular weight is 280 g/mol. The lowest BCUT2D eigenvalue weighted by molar-refractivity contribution is 0.125. The number of rotatable bonds is 14. The number of nitrogens with zero attached hydrogens (tertiary/aromatic N) is 2. The number of unbranched alkanes of at least 4 members (excludes halogenated alkanes) is 8. The summed E-state index contributed by atoms with van der Waals surface area (Å²) in [6, 6.07) is 0. The van der Waals surface area contributed by atoms with Gasteiger partial charge in [-0.1, -0.05) is 51.9 Å². The molecule has 0 saturated carbocycles. The maximum atomic E-state index is 5.65. The van der Waals surface area contributed by atoms with Gasteiger partial charge in [0.15, 0.2) is 0 Å². The van der Waals surface area contributed by atoms with Crippen LogP contribution in [0.1, 0.15) is 71.1 Å². The van der Waals surface area contributed by atoms with E-state index in [1.54, 1.807) is 0 Å². The second-order valence-electron chi connectivity index (χ2n) is 5.59. The van der Waals surface area contributed by atoms with Crippen LogP contribution in [0.2, 0.25) is 0 Å². The van der Waals surface area contributed by atoms with E-state index in [1.807, 2.05) is 18.7 Å². The van der Waals surface area contributed by atoms with Crippen molar-refractivity contribution in [2.24, 2.45) is 0 Å². The van der Waals surface area contributed by atoms with Crippen LogP contribution in [0.5, 0.6) is 0 Å². The molecule has 0 N–H and O–H groups in total. The van der Waals surface area contributed by atoms with Crippen LogP contribution in [0.3, 0.4) is 0 Å². The molecule has 0 amide bonds. The third kappa shape index (κ3) is 10.0. The predicted molar refractivity (Wildman–Crippen MR) is 84.9 cm³/mol. The van der Waals surface area contributed by atoms with Crippen molar-refractivity contribution in [3.05, 3.63) is 18.7 Å². The minimum atomic E-state index is 0.959. The van der Waals surface area contributed by atoms with E-state index >= 15 is 0 Å². The quantitative estimate of drug-likeness (QED) is 0.457. The highest BCUT2D eigenvalue weighted by Crippen LogP contribution is 2.07. The first-order valence-electron chi connectivity index (χ1n) is 8.47. The predicted octanol–water partition coefficient (Wildman–Crippen LogP) is 4.82. The minimum Gasteiger partial charge on any atom is -0.381 e. The molecule has 0 aliphatic heterocycles. The molecule has 0 atom stereocenters. The van der Waals surface area contributed by atoms with Gasteiger partial charge in [-0.15, -0.1) is 0 Å². The first-order valence-corrected chi connectivity index (χ1v) is 8.47. The smallest absolute Gasteiger partial charge is 0.0945 e. The van der Waals surface area contributed by atoms with Crippen molar-refractivity contribution in [3.8, 4) is 0 Å². The Kier molecular flexibility index (Phi) is 11.3. The summed E-state index contributed by atoms with van der Waals surface area (Å²) in [4.78, 5) is 4.05. The minimum absolute atomic E-state index is 0.959. The Bertz CT molecular complexity index is 285. The van der Waals surface area contributed by atoms with Gasteiger partial charge in [0.2, 0.25) is 0 Å². The van der Waals surface area contributed by atoms with Crippen molar-refractivity contribution in [1.82, 2.24) is 9.55 Å². The highest BCUT2D eigenvalue weighted by atomic mass is 16.5. The maximum absolute atomic E-state index is 5.65. The van der Waals surface area contributed by atoms with E-state index in [1.165, 1.54) is 64.2 Å². The van der Waals surface area contributed by atoms with Gasteiger partial charge in [-0.05, 0) is 19.3 Å². The van der Waals surface area contributed by atoms with Gasteiger partial charge in [0, 0.05) is 32.2 Å². The van der Waals surface area contributed by atoms with Gasteiger partial charge >= 0.3 is 0 Å². The Morgan fingerprint density at radius 2 is 1.50 bits per heavy atom. The number of hydrogen-bond donors (Lipinski definition) is 0. The average Bonchev–Trinajstić information content (AvgIpc) is 2.97. The molecule has 0 saturated heterocycles. The Hall–Kier alpha value is -0.830. The molecule has 0 bridgehead atoms. The lowest BCUT2D eigenvalue weighted by Crippen LogP contribution is -1.97. The van der Waals surface area contributed by atoms with Crippen LogP contribution < -0.4 is 0 Å². The third-order valence-corrected chi connectivity index (χ3v) is 3.66. The highest BCUT2D eigenvalue weighted by Gasteiger charge is 1.94. The second-order valence-corrected chi connectivity index (χ2v) is 5.59. The van der Waals surface area contributed by atoms with Crippen molar-refractivity contribution < 1.29 is 4.74 Å². The van der Waals surface area contributed by atoms with Crippen LogP contribution in [-0.2, 0) is 11.3 Å². The fourth-order valence-corrected chi connectivity index (χ4v) is 2.36. The van der Waals surface area contributed by atoms with Gasteiger partial charge in [-0.25, -0.2) is 4.98 Å². The summed E-state index contributed by atoms with van der Waals surface area (Å²) in [5.41, 5.74) is 0. The third-order valence-electron chi connectivity index (χ3n) is 3.66. The number of imidazole rings is 1. The summed E-state index contributed by atoms with van der Waals surface area (Å²) in [7, 11) is 0. The van der Waals surface area contributed by atoms with Gasteiger partial charge in [0.1, 0.15) is 0 Å². The van der Waals surface area contributed by atoms with Crippen molar-refractivity contribution in [2.75, 3.05) is 13.2 Å². The van der Waals surface area contributed by atoms with E-state index in [0.29, 0.717) is 0 Å². The summed E-state index contributed by atoms with van der Waals surface area (Å²) in [5.74, 6) is 0. The first-order chi connectivity index (χ1) is 9.93. The molecule has 0 aliphatic carbocycles. The molecule has 1 aromatic heterocycles. The van der Waals surface area contributed by atoms with Gasteiger partial charge in [-0.3, -0.25) is 0 Å². The Morgan fingerprint density at radius 3 is 2.15 bits per heavy atom. The van der Waals surface area contributed by atoms with E-state index in [2.05, 4.69) is 16.5 Å². The maximum Gasteiger partial charge on any atom is 0.0945 e. The molecule has 0 aromatic carbocycles. The summed E-state index contributed by atoms with van der Waals surface area (Å²) in [5, 5.41) is 0. The summed E-state index contributed by atoms with van der Waals surface area (Å²) < 4.78 is 7.81. The zero-order chi connectivity index (χ0) is 14.3. The SMILES string of the molecule is CCCCCCOCCCCCCCCn1ccnc1. The van der Waals surface area contributed by atoms with Crippen LogP contribution in [0, 0.1) is 0 Å². The lowest BCUT2D eigenvalue weighted by atomic mass is 10.1. The summed E-state index contributed by atoms with van der Waals surface area (Å²) in [6.07, 6.45) is 18.9. The molecular weight excluding hydrogens is 248 g/mol. The molecule has 3 heteroatoms. The zero-order valence-electron chi connectivity index (χ0n) is 13.2. The fourth-order valence-electron chi connectivity index (χ4n) is 2.36. The number of hydrogen-bond acceptors (Lipinski definition) is 2. The van der Waals surface area contributed by atoms with Gasteiger partial charge in [-0.2, -0.15) is 0 Å². The largest absolute Gasteiger partial charge is 0.381 e. The normalized spacial score (nSPS) is 11.1. The molecule has 0 radical (unpaired) electrons. The monoisotopic (exact) mass is 280 g/mol. The summed E-state index contributed by atoms with van der Waals surface area (Å²) in [6.45, 7) is 5.28. The molecular formula is C17H32N2O. The Balaban J connectivity index is 1.70.